The molecule has 6 heteroatoms. The third-order valence-electron chi connectivity index (χ3n) is 4.01. The van der Waals surface area contributed by atoms with Gasteiger partial charge in [-0.05, 0) is 56.2 Å². The highest BCUT2D eigenvalue weighted by Gasteiger charge is 2.16. The summed E-state index contributed by atoms with van der Waals surface area (Å²) in [6, 6.07) is 13.0. The number of amides is 2. The number of hydrogen-bond donors (Lipinski definition) is 2. The molecule has 0 spiro atoms. The van der Waals surface area contributed by atoms with Gasteiger partial charge in [-0.2, -0.15) is 0 Å². The third kappa shape index (κ3) is 6.92. The smallest absolute Gasteiger partial charge is 0.237 e. The minimum Gasteiger partial charge on any atom is -0.326 e. The lowest BCUT2D eigenvalue weighted by Gasteiger charge is -2.14. The number of unbranched alkanes of at least 4 members (excludes halogenated alkanes) is 1. The molecule has 144 valence electrons. The van der Waals surface area contributed by atoms with Gasteiger partial charge in [0.2, 0.25) is 11.8 Å². The first kappa shape index (κ1) is 21.3. The average molecular weight is 405 g/mol. The number of hydrogen-bond acceptors (Lipinski definition) is 3. The highest BCUT2D eigenvalue weighted by molar-refractivity contribution is 8.00. The molecule has 2 rings (SSSR count). The Bertz CT molecular complexity index is 811. The molecule has 2 aromatic rings. The van der Waals surface area contributed by atoms with E-state index < -0.39 is 0 Å². The topological polar surface area (TPSA) is 58.2 Å². The number of carbonyl (C=O) groups excluding carboxylic acids is 2. The molecule has 0 radical (unpaired) electrons. The maximum Gasteiger partial charge on any atom is 0.237 e. The summed E-state index contributed by atoms with van der Waals surface area (Å²) in [6.45, 7) is 5.84. The predicted molar refractivity (Wildman–Crippen MR) is 115 cm³/mol. The summed E-state index contributed by atoms with van der Waals surface area (Å²) < 4.78 is 0. The van der Waals surface area contributed by atoms with Gasteiger partial charge in [0, 0.05) is 27.7 Å². The van der Waals surface area contributed by atoms with Crippen molar-refractivity contribution in [1.82, 2.24) is 0 Å². The van der Waals surface area contributed by atoms with E-state index in [0.717, 1.165) is 34.7 Å². The maximum atomic E-state index is 12.5. The van der Waals surface area contributed by atoms with E-state index in [1.807, 2.05) is 44.2 Å². The van der Waals surface area contributed by atoms with Gasteiger partial charge in [0.1, 0.15) is 0 Å². The zero-order chi connectivity index (χ0) is 19.8. The van der Waals surface area contributed by atoms with Crippen LogP contribution in [-0.4, -0.2) is 17.1 Å². The Morgan fingerprint density at radius 2 is 1.93 bits per heavy atom. The molecule has 0 heterocycles. The van der Waals surface area contributed by atoms with Crippen LogP contribution in [0.25, 0.3) is 0 Å². The number of anilines is 2. The van der Waals surface area contributed by atoms with Crippen molar-refractivity contribution in [3.05, 3.63) is 53.1 Å². The molecular weight excluding hydrogens is 380 g/mol. The van der Waals surface area contributed by atoms with E-state index in [9.17, 15) is 9.59 Å². The van der Waals surface area contributed by atoms with Crippen molar-refractivity contribution in [3.8, 4) is 0 Å². The summed E-state index contributed by atoms with van der Waals surface area (Å²) in [5, 5.41) is 6.12. The molecule has 2 amide bonds. The quantitative estimate of drug-likeness (QED) is 0.538. The number of rotatable bonds is 8. The van der Waals surface area contributed by atoms with Crippen molar-refractivity contribution in [3.63, 3.8) is 0 Å². The van der Waals surface area contributed by atoms with E-state index in [-0.39, 0.29) is 17.1 Å². The van der Waals surface area contributed by atoms with E-state index in [1.54, 1.807) is 12.1 Å². The molecule has 0 saturated heterocycles. The van der Waals surface area contributed by atoms with Crippen LogP contribution in [0.2, 0.25) is 5.02 Å². The molecule has 27 heavy (non-hydrogen) atoms. The van der Waals surface area contributed by atoms with Crippen LogP contribution in [0.1, 0.15) is 38.7 Å². The van der Waals surface area contributed by atoms with Crippen molar-refractivity contribution in [2.75, 3.05) is 10.6 Å². The Balaban J connectivity index is 1.97. The second-order valence-corrected chi connectivity index (χ2v) is 8.24. The summed E-state index contributed by atoms with van der Waals surface area (Å²) in [6.07, 6.45) is 2.38. The largest absolute Gasteiger partial charge is 0.326 e. The number of aryl methyl sites for hydroxylation is 1. The molecule has 0 aliphatic rings. The van der Waals surface area contributed by atoms with E-state index in [0.29, 0.717) is 11.4 Å². The van der Waals surface area contributed by atoms with E-state index in [2.05, 4.69) is 17.6 Å². The number of nitrogens with one attached hydrogen (secondary N) is 2. The number of benzene rings is 2. The van der Waals surface area contributed by atoms with Crippen LogP contribution in [-0.2, 0) is 9.59 Å². The Kier molecular flexibility index (Phi) is 8.20. The van der Waals surface area contributed by atoms with Crippen molar-refractivity contribution in [2.45, 2.75) is 50.2 Å². The lowest BCUT2D eigenvalue weighted by molar-refractivity contribution is -0.116. The monoisotopic (exact) mass is 404 g/mol. The minimum atomic E-state index is -0.297. The first-order valence-electron chi connectivity index (χ1n) is 9.02. The summed E-state index contributed by atoms with van der Waals surface area (Å²) in [5.41, 5.74) is 2.43. The van der Waals surface area contributed by atoms with Crippen molar-refractivity contribution in [1.29, 1.82) is 0 Å². The molecular formula is C21H25ClN2O2S. The Hall–Kier alpha value is -1.98. The van der Waals surface area contributed by atoms with Crippen molar-refractivity contribution < 1.29 is 9.59 Å². The van der Waals surface area contributed by atoms with Crippen LogP contribution in [0, 0.1) is 6.92 Å². The van der Waals surface area contributed by atoms with Crippen LogP contribution in [0.4, 0.5) is 11.4 Å². The van der Waals surface area contributed by atoms with E-state index in [1.165, 1.54) is 11.8 Å². The van der Waals surface area contributed by atoms with Gasteiger partial charge in [-0.15, -0.1) is 11.8 Å². The molecule has 0 aliphatic carbocycles. The van der Waals surface area contributed by atoms with Crippen molar-refractivity contribution in [2.24, 2.45) is 0 Å². The summed E-state index contributed by atoms with van der Waals surface area (Å²) >= 11 is 7.45. The zero-order valence-electron chi connectivity index (χ0n) is 15.8. The second-order valence-electron chi connectivity index (χ2n) is 6.39. The van der Waals surface area contributed by atoms with Gasteiger partial charge in [0.05, 0.1) is 5.25 Å². The lowest BCUT2D eigenvalue weighted by Crippen LogP contribution is -2.22. The molecule has 0 saturated carbocycles. The van der Waals surface area contributed by atoms with Crippen LogP contribution in [0.3, 0.4) is 0 Å². The zero-order valence-corrected chi connectivity index (χ0v) is 17.4. The average Bonchev–Trinajstić information content (AvgIpc) is 2.63. The van der Waals surface area contributed by atoms with Crippen LogP contribution in [0.5, 0.6) is 0 Å². The lowest BCUT2D eigenvalue weighted by atomic mass is 10.2. The molecule has 2 N–H and O–H groups in total. The molecule has 1 unspecified atom stereocenters. The summed E-state index contributed by atoms with van der Waals surface area (Å²) in [5.74, 6) is -0.0797. The first-order chi connectivity index (χ1) is 12.9. The molecule has 4 nitrogen and oxygen atoms in total. The Labute approximate surface area is 170 Å². The first-order valence-corrected chi connectivity index (χ1v) is 10.3. The third-order valence-corrected chi connectivity index (χ3v) is 5.34. The Morgan fingerprint density at radius 3 is 2.67 bits per heavy atom. The number of thioether (sulfide) groups is 1. The predicted octanol–water partition coefficient (Wildman–Crippen LogP) is 5.90. The molecule has 0 fully saturated rings. The van der Waals surface area contributed by atoms with Gasteiger partial charge in [-0.1, -0.05) is 37.1 Å². The second kappa shape index (κ2) is 10.4. The SMILES string of the molecule is CCCCC(=O)Nc1cccc(SC(C)C(=O)Nc2cc(Cl)ccc2C)c1. The number of halogens is 1. The summed E-state index contributed by atoms with van der Waals surface area (Å²) in [7, 11) is 0. The van der Waals surface area contributed by atoms with Gasteiger partial charge < -0.3 is 10.6 Å². The minimum absolute atomic E-state index is 0.0150. The van der Waals surface area contributed by atoms with Crippen molar-refractivity contribution >= 4 is 46.6 Å². The fourth-order valence-corrected chi connectivity index (χ4v) is 3.53. The van der Waals surface area contributed by atoms with Crippen LogP contribution in [0.15, 0.2) is 47.4 Å². The van der Waals surface area contributed by atoms with Crippen LogP contribution < -0.4 is 10.6 Å². The molecule has 0 bridgehead atoms. The highest BCUT2D eigenvalue weighted by Crippen LogP contribution is 2.27. The standard InChI is InChI=1S/C21H25ClN2O2S/c1-4-5-9-20(25)23-17-7-6-8-18(13-17)27-15(3)21(26)24-19-12-16(22)11-10-14(19)2/h6-8,10-13,15H,4-5,9H2,1-3H3,(H,23,25)(H,24,26). The fourth-order valence-electron chi connectivity index (χ4n) is 2.43. The van der Waals surface area contributed by atoms with Crippen LogP contribution >= 0.6 is 23.4 Å². The van der Waals surface area contributed by atoms with Gasteiger partial charge in [0.25, 0.3) is 0 Å². The highest BCUT2D eigenvalue weighted by atomic mass is 35.5. The maximum absolute atomic E-state index is 12.5. The molecule has 0 aromatic heterocycles. The normalized spacial score (nSPS) is 11.7. The summed E-state index contributed by atoms with van der Waals surface area (Å²) in [4.78, 5) is 25.3. The van der Waals surface area contributed by atoms with Gasteiger partial charge in [0.15, 0.2) is 0 Å². The fraction of sp³-hybridized carbons (Fsp3) is 0.333. The van der Waals surface area contributed by atoms with Gasteiger partial charge >= 0.3 is 0 Å². The van der Waals surface area contributed by atoms with Gasteiger partial charge in [-0.25, -0.2) is 0 Å². The number of carbonyl (C=O) groups is 2. The molecule has 0 aliphatic heterocycles. The molecule has 2 aromatic carbocycles. The Morgan fingerprint density at radius 1 is 1.15 bits per heavy atom. The van der Waals surface area contributed by atoms with E-state index in [4.69, 9.17) is 11.6 Å². The van der Waals surface area contributed by atoms with E-state index >= 15 is 0 Å². The van der Waals surface area contributed by atoms with Gasteiger partial charge in [-0.3, -0.25) is 9.59 Å². The molecule has 1 atom stereocenters.